The molecule has 0 aromatic rings. The molecule has 182 valence electrons. The molecule has 1 heterocycles. The molecule has 0 aliphatic carbocycles. The van der Waals surface area contributed by atoms with Crippen LogP contribution in [0.1, 0.15) is 114 Å². The Bertz CT molecular complexity index is 595. The van der Waals surface area contributed by atoms with E-state index in [1.54, 1.807) is 0 Å². The Hall–Kier alpha value is -1.14. The van der Waals surface area contributed by atoms with E-state index in [0.29, 0.717) is 32.3 Å². The highest BCUT2D eigenvalue weighted by molar-refractivity contribution is 5.80. The van der Waals surface area contributed by atoms with Gasteiger partial charge in [0.1, 0.15) is 6.10 Å². The zero-order valence-electron chi connectivity index (χ0n) is 21.5. The predicted octanol–water partition coefficient (Wildman–Crippen LogP) is 5.90. The number of hydrogen-bond acceptors (Lipinski definition) is 6. The number of carbonyl (C=O) groups excluding carboxylic acids is 2. The van der Waals surface area contributed by atoms with Crippen molar-refractivity contribution >= 4 is 11.9 Å². The molecule has 1 atom stereocenters. The summed E-state index contributed by atoms with van der Waals surface area (Å²) in [5, 5.41) is 11.9. The number of ether oxygens (including phenoxy) is 2. The van der Waals surface area contributed by atoms with Gasteiger partial charge >= 0.3 is 11.9 Å². The molecule has 0 amide bonds. The van der Waals surface area contributed by atoms with Gasteiger partial charge in [0.15, 0.2) is 0 Å². The number of hydroxylamine groups is 2. The van der Waals surface area contributed by atoms with Crippen LogP contribution >= 0.6 is 0 Å². The summed E-state index contributed by atoms with van der Waals surface area (Å²) < 4.78 is 11.5. The number of rotatable bonds is 11. The molecule has 0 bridgehead atoms. The summed E-state index contributed by atoms with van der Waals surface area (Å²) in [6.07, 6.45) is 6.02. The van der Waals surface area contributed by atoms with Crippen molar-refractivity contribution in [1.82, 2.24) is 5.06 Å². The number of hydrogen-bond donors (Lipinski definition) is 1. The third-order valence-electron chi connectivity index (χ3n) is 6.76. The molecule has 0 aromatic carbocycles. The molecule has 0 aromatic heterocycles. The van der Waals surface area contributed by atoms with Gasteiger partial charge < -0.3 is 14.7 Å². The van der Waals surface area contributed by atoms with E-state index in [1.807, 2.05) is 55.4 Å². The van der Waals surface area contributed by atoms with E-state index in [9.17, 15) is 14.8 Å². The lowest BCUT2D eigenvalue weighted by Crippen LogP contribution is -2.61. The third-order valence-corrected chi connectivity index (χ3v) is 6.76. The zero-order valence-corrected chi connectivity index (χ0v) is 21.5. The summed E-state index contributed by atoms with van der Waals surface area (Å²) in [5.41, 5.74) is -2.54. The lowest BCUT2D eigenvalue weighted by Gasteiger charge is -2.51. The Balaban J connectivity index is 2.77. The Morgan fingerprint density at radius 2 is 1.52 bits per heavy atom. The molecule has 0 radical (unpaired) electrons. The highest BCUT2D eigenvalue weighted by Crippen LogP contribution is 2.41. The molecule has 1 aliphatic rings. The van der Waals surface area contributed by atoms with Crippen LogP contribution in [0, 0.1) is 10.8 Å². The fourth-order valence-electron chi connectivity index (χ4n) is 4.83. The summed E-state index contributed by atoms with van der Waals surface area (Å²) in [6.45, 7) is 17.9. The average Bonchev–Trinajstić information content (AvgIpc) is 2.64. The van der Waals surface area contributed by atoms with E-state index in [0.717, 1.165) is 25.7 Å². The SMILES string of the molecule is CCCCCCOC(=O)C(C)(CC)CC(C)(C)C(=O)OC1CC(C)(C)N(O)C(C)(C)C1. The van der Waals surface area contributed by atoms with Gasteiger partial charge in [-0.1, -0.05) is 33.1 Å². The van der Waals surface area contributed by atoms with Crippen molar-refractivity contribution < 1.29 is 24.3 Å². The molecular weight excluding hydrogens is 394 g/mol. The maximum atomic E-state index is 13.1. The summed E-state index contributed by atoms with van der Waals surface area (Å²) in [6, 6.07) is 0. The van der Waals surface area contributed by atoms with Crippen LogP contribution in [0.25, 0.3) is 0 Å². The normalized spacial score (nSPS) is 21.4. The molecule has 1 unspecified atom stereocenters. The maximum Gasteiger partial charge on any atom is 0.311 e. The minimum absolute atomic E-state index is 0.233. The van der Waals surface area contributed by atoms with Crippen LogP contribution < -0.4 is 0 Å². The first-order valence-electron chi connectivity index (χ1n) is 12.0. The Morgan fingerprint density at radius 1 is 0.968 bits per heavy atom. The van der Waals surface area contributed by atoms with E-state index >= 15 is 0 Å². The van der Waals surface area contributed by atoms with E-state index < -0.39 is 21.9 Å². The van der Waals surface area contributed by atoms with Gasteiger partial charge in [0.2, 0.25) is 0 Å². The summed E-state index contributed by atoms with van der Waals surface area (Å²) in [4.78, 5) is 26.0. The summed E-state index contributed by atoms with van der Waals surface area (Å²) in [7, 11) is 0. The molecule has 1 N–H and O–H groups in total. The maximum absolute atomic E-state index is 13.1. The van der Waals surface area contributed by atoms with Crippen molar-refractivity contribution in [3.8, 4) is 0 Å². The number of piperidine rings is 1. The lowest BCUT2D eigenvalue weighted by atomic mass is 9.72. The van der Waals surface area contributed by atoms with Crippen molar-refractivity contribution in [1.29, 1.82) is 0 Å². The number of unbranched alkanes of at least 4 members (excludes halogenated alkanes) is 3. The highest BCUT2D eigenvalue weighted by atomic mass is 16.6. The fraction of sp³-hybridized carbons (Fsp3) is 0.920. The molecular formula is C25H47NO5. The lowest BCUT2D eigenvalue weighted by molar-refractivity contribution is -0.260. The Kier molecular flexibility index (Phi) is 9.58. The molecule has 0 saturated carbocycles. The quantitative estimate of drug-likeness (QED) is 0.318. The highest BCUT2D eigenvalue weighted by Gasteiger charge is 2.48. The van der Waals surface area contributed by atoms with Crippen LogP contribution in [0.3, 0.4) is 0 Å². The number of carbonyl (C=O) groups is 2. The topological polar surface area (TPSA) is 76.1 Å². The molecule has 1 aliphatic heterocycles. The van der Waals surface area contributed by atoms with Crippen LogP contribution in [0.15, 0.2) is 0 Å². The second-order valence-electron chi connectivity index (χ2n) is 11.5. The van der Waals surface area contributed by atoms with Gasteiger partial charge in [0.05, 0.1) is 17.4 Å². The minimum Gasteiger partial charge on any atom is -0.465 e. The first-order chi connectivity index (χ1) is 14.1. The molecule has 6 heteroatoms. The number of nitrogens with zero attached hydrogens (tertiary/aromatic N) is 1. The first-order valence-corrected chi connectivity index (χ1v) is 12.0. The van der Waals surface area contributed by atoms with Crippen LogP contribution in [0.4, 0.5) is 0 Å². The molecule has 31 heavy (non-hydrogen) atoms. The Morgan fingerprint density at radius 3 is 2.00 bits per heavy atom. The third kappa shape index (κ3) is 7.45. The average molecular weight is 442 g/mol. The summed E-state index contributed by atoms with van der Waals surface area (Å²) >= 11 is 0. The van der Waals surface area contributed by atoms with Crippen molar-refractivity contribution in [2.45, 2.75) is 131 Å². The van der Waals surface area contributed by atoms with E-state index in [1.165, 1.54) is 5.06 Å². The molecule has 1 fully saturated rings. The molecule has 1 saturated heterocycles. The van der Waals surface area contributed by atoms with E-state index in [2.05, 4.69) is 6.92 Å². The second kappa shape index (κ2) is 10.7. The van der Waals surface area contributed by atoms with Gasteiger partial charge in [-0.15, -0.1) is 0 Å². The largest absolute Gasteiger partial charge is 0.465 e. The second-order valence-corrected chi connectivity index (χ2v) is 11.5. The first kappa shape index (κ1) is 27.9. The van der Waals surface area contributed by atoms with Gasteiger partial charge in [-0.25, -0.2) is 0 Å². The molecule has 1 rings (SSSR count). The summed E-state index contributed by atoms with van der Waals surface area (Å²) in [5.74, 6) is -0.533. The van der Waals surface area contributed by atoms with Gasteiger partial charge in [-0.05, 0) is 67.7 Å². The van der Waals surface area contributed by atoms with Gasteiger partial charge in [-0.2, -0.15) is 5.06 Å². The van der Waals surface area contributed by atoms with Gasteiger partial charge in [0, 0.05) is 23.9 Å². The Labute approximate surface area is 190 Å². The van der Waals surface area contributed by atoms with Crippen molar-refractivity contribution in [2.24, 2.45) is 10.8 Å². The van der Waals surface area contributed by atoms with Crippen molar-refractivity contribution in [3.05, 3.63) is 0 Å². The van der Waals surface area contributed by atoms with Crippen molar-refractivity contribution in [2.75, 3.05) is 6.61 Å². The smallest absolute Gasteiger partial charge is 0.311 e. The van der Waals surface area contributed by atoms with E-state index in [-0.39, 0.29) is 18.0 Å². The molecule has 6 nitrogen and oxygen atoms in total. The van der Waals surface area contributed by atoms with E-state index in [4.69, 9.17) is 9.47 Å². The molecule has 0 spiro atoms. The van der Waals surface area contributed by atoms with Crippen LogP contribution in [0.5, 0.6) is 0 Å². The van der Waals surface area contributed by atoms with Crippen molar-refractivity contribution in [3.63, 3.8) is 0 Å². The van der Waals surface area contributed by atoms with Gasteiger partial charge in [0.25, 0.3) is 0 Å². The predicted molar refractivity (Wildman–Crippen MR) is 123 cm³/mol. The minimum atomic E-state index is -0.823. The van der Waals surface area contributed by atoms with Crippen LogP contribution in [-0.4, -0.2) is 46.0 Å². The number of esters is 2. The van der Waals surface area contributed by atoms with Gasteiger partial charge in [-0.3, -0.25) is 9.59 Å². The van der Waals surface area contributed by atoms with Crippen LogP contribution in [-0.2, 0) is 19.1 Å². The van der Waals surface area contributed by atoms with Crippen LogP contribution in [0.2, 0.25) is 0 Å². The monoisotopic (exact) mass is 441 g/mol. The standard InChI is InChI=1S/C25H47NO5/c1-10-12-13-14-15-30-21(28)25(9,11-2)18-22(3,4)20(27)31-19-16-23(5,6)26(29)24(7,8)17-19/h19,29H,10-18H2,1-9H3. The fourth-order valence-corrected chi connectivity index (χ4v) is 4.83. The zero-order chi connectivity index (χ0) is 24.1.